The van der Waals surface area contributed by atoms with E-state index in [4.69, 9.17) is 9.26 Å². The van der Waals surface area contributed by atoms with Crippen LogP contribution in [0.5, 0.6) is 11.5 Å². The first-order valence-electron chi connectivity index (χ1n) is 9.95. The largest absolute Gasteiger partial charge is 0.573 e. The molecule has 0 saturated carbocycles. The second-order valence-electron chi connectivity index (χ2n) is 7.33. The first kappa shape index (κ1) is 21.7. The lowest BCUT2D eigenvalue weighted by Gasteiger charge is -2.30. The first-order valence-corrected chi connectivity index (χ1v) is 9.95. The number of ether oxygens (including phenoxy) is 2. The third kappa shape index (κ3) is 5.01. The Balaban J connectivity index is 1.36. The van der Waals surface area contributed by atoms with E-state index >= 15 is 0 Å². The van der Waals surface area contributed by atoms with Crippen molar-refractivity contribution in [1.82, 2.24) is 15.0 Å². The highest BCUT2D eigenvalue weighted by molar-refractivity contribution is 5.94. The van der Waals surface area contributed by atoms with E-state index in [1.165, 1.54) is 12.1 Å². The fourth-order valence-electron chi connectivity index (χ4n) is 3.60. The number of amides is 1. The predicted molar refractivity (Wildman–Crippen MR) is 107 cm³/mol. The molecule has 2 aromatic carbocycles. The normalized spacial score (nSPS) is 14.9. The lowest BCUT2D eigenvalue weighted by molar-refractivity contribution is -0.274. The molecule has 3 aromatic rings. The number of alkyl halides is 3. The number of likely N-dealkylation sites (tertiary alicyclic amines) is 1. The Morgan fingerprint density at radius 1 is 1.09 bits per heavy atom. The summed E-state index contributed by atoms with van der Waals surface area (Å²) in [6, 6.07) is 12.2. The van der Waals surface area contributed by atoms with E-state index in [1.54, 1.807) is 12.0 Å². The molecular formula is C22H20F3N3O4. The average Bonchev–Trinajstić information content (AvgIpc) is 3.29. The van der Waals surface area contributed by atoms with E-state index in [2.05, 4.69) is 14.9 Å². The van der Waals surface area contributed by atoms with E-state index in [-0.39, 0.29) is 17.6 Å². The van der Waals surface area contributed by atoms with Crippen molar-refractivity contribution in [3.8, 4) is 23.0 Å². The van der Waals surface area contributed by atoms with Gasteiger partial charge in [0.25, 0.3) is 11.8 Å². The van der Waals surface area contributed by atoms with Crippen molar-refractivity contribution >= 4 is 5.91 Å². The summed E-state index contributed by atoms with van der Waals surface area (Å²) in [7, 11) is 1.58. The van der Waals surface area contributed by atoms with Gasteiger partial charge in [-0.25, -0.2) is 0 Å². The number of aromatic nitrogens is 2. The molecule has 1 saturated heterocycles. The molecule has 0 N–H and O–H groups in total. The zero-order valence-electron chi connectivity index (χ0n) is 17.1. The maximum Gasteiger partial charge on any atom is 0.573 e. The van der Waals surface area contributed by atoms with Gasteiger partial charge in [-0.3, -0.25) is 4.79 Å². The minimum atomic E-state index is -4.77. The second kappa shape index (κ2) is 8.89. The topological polar surface area (TPSA) is 77.7 Å². The van der Waals surface area contributed by atoms with E-state index in [0.29, 0.717) is 49.0 Å². The van der Waals surface area contributed by atoms with Crippen LogP contribution in [-0.2, 0) is 0 Å². The van der Waals surface area contributed by atoms with Crippen LogP contribution in [0.3, 0.4) is 0 Å². The molecule has 1 aliphatic heterocycles. The lowest BCUT2D eigenvalue weighted by atomic mass is 9.95. The zero-order valence-corrected chi connectivity index (χ0v) is 17.1. The minimum absolute atomic E-state index is 0.0460. The van der Waals surface area contributed by atoms with Gasteiger partial charge in [0, 0.05) is 30.1 Å². The van der Waals surface area contributed by atoms with Crippen LogP contribution < -0.4 is 9.47 Å². The van der Waals surface area contributed by atoms with E-state index in [0.717, 1.165) is 17.7 Å². The highest BCUT2D eigenvalue weighted by Gasteiger charge is 2.31. The van der Waals surface area contributed by atoms with Gasteiger partial charge in [0.2, 0.25) is 0 Å². The number of carbonyl (C=O) groups excluding carboxylic acids is 1. The van der Waals surface area contributed by atoms with Gasteiger partial charge < -0.3 is 18.9 Å². The van der Waals surface area contributed by atoms with Gasteiger partial charge in [-0.2, -0.15) is 4.98 Å². The molecule has 0 atom stereocenters. The summed E-state index contributed by atoms with van der Waals surface area (Å²) in [4.78, 5) is 18.9. The number of hydrogen-bond acceptors (Lipinski definition) is 6. The van der Waals surface area contributed by atoms with Crippen molar-refractivity contribution in [2.75, 3.05) is 20.2 Å². The SMILES string of the molecule is COc1cccc(-c2nc(C3CCN(C(=O)c4ccc(OC(F)(F)F)cc4)CC3)no2)c1. The Bertz CT molecular complexity index is 1070. The zero-order chi connectivity index (χ0) is 22.7. The van der Waals surface area contributed by atoms with E-state index < -0.39 is 6.36 Å². The molecule has 168 valence electrons. The summed E-state index contributed by atoms with van der Waals surface area (Å²) >= 11 is 0. The summed E-state index contributed by atoms with van der Waals surface area (Å²) in [6.07, 6.45) is -3.47. The number of benzene rings is 2. The summed E-state index contributed by atoms with van der Waals surface area (Å²) < 4.78 is 51.3. The number of carbonyl (C=O) groups is 1. The smallest absolute Gasteiger partial charge is 0.497 e. The molecule has 1 fully saturated rings. The molecular weight excluding hydrogens is 427 g/mol. The average molecular weight is 447 g/mol. The number of halogens is 3. The molecule has 1 amide bonds. The van der Waals surface area contributed by atoms with Crippen molar-refractivity contribution in [3.05, 3.63) is 59.9 Å². The van der Waals surface area contributed by atoms with Crippen LogP contribution in [0, 0.1) is 0 Å². The van der Waals surface area contributed by atoms with Crippen molar-refractivity contribution in [1.29, 1.82) is 0 Å². The van der Waals surface area contributed by atoms with Crippen molar-refractivity contribution in [3.63, 3.8) is 0 Å². The Morgan fingerprint density at radius 2 is 1.81 bits per heavy atom. The quantitative estimate of drug-likeness (QED) is 0.566. The third-order valence-electron chi connectivity index (χ3n) is 5.24. The van der Waals surface area contributed by atoms with Crippen LogP contribution in [-0.4, -0.2) is 47.5 Å². The summed E-state index contributed by atoms with van der Waals surface area (Å²) in [5.74, 6) is 1.11. The van der Waals surface area contributed by atoms with Gasteiger partial charge in [0.1, 0.15) is 11.5 Å². The number of nitrogens with zero attached hydrogens (tertiary/aromatic N) is 3. The molecule has 2 heterocycles. The number of piperidine rings is 1. The van der Waals surface area contributed by atoms with E-state index in [9.17, 15) is 18.0 Å². The summed E-state index contributed by atoms with van der Waals surface area (Å²) in [5.41, 5.74) is 1.06. The van der Waals surface area contributed by atoms with Gasteiger partial charge in [0.05, 0.1) is 7.11 Å². The second-order valence-corrected chi connectivity index (χ2v) is 7.33. The summed E-state index contributed by atoms with van der Waals surface area (Å²) in [5, 5.41) is 4.10. The highest BCUT2D eigenvalue weighted by atomic mass is 19.4. The highest BCUT2D eigenvalue weighted by Crippen LogP contribution is 2.30. The van der Waals surface area contributed by atoms with Crippen molar-refractivity contribution in [2.45, 2.75) is 25.1 Å². The molecule has 32 heavy (non-hydrogen) atoms. The van der Waals surface area contributed by atoms with Crippen molar-refractivity contribution in [2.24, 2.45) is 0 Å². The summed E-state index contributed by atoms with van der Waals surface area (Å²) in [6.45, 7) is 0.959. The Morgan fingerprint density at radius 3 is 2.47 bits per heavy atom. The van der Waals surface area contributed by atoms with Gasteiger partial charge in [0.15, 0.2) is 5.82 Å². The molecule has 0 radical (unpaired) electrons. The lowest BCUT2D eigenvalue weighted by Crippen LogP contribution is -2.38. The minimum Gasteiger partial charge on any atom is -0.497 e. The van der Waals surface area contributed by atoms with Gasteiger partial charge >= 0.3 is 6.36 Å². The third-order valence-corrected chi connectivity index (χ3v) is 5.24. The monoisotopic (exact) mass is 447 g/mol. The molecule has 10 heteroatoms. The standard InChI is InChI=1S/C22H20F3N3O4/c1-30-18-4-2-3-16(13-18)20-26-19(27-32-20)14-9-11-28(12-10-14)21(29)15-5-7-17(8-6-15)31-22(23,24)25/h2-8,13-14H,9-12H2,1H3. The Labute approximate surface area is 181 Å². The predicted octanol–water partition coefficient (Wildman–Crippen LogP) is 4.66. The Kier molecular flexibility index (Phi) is 6.02. The number of hydrogen-bond donors (Lipinski definition) is 0. The first-order chi connectivity index (χ1) is 15.3. The molecule has 1 aromatic heterocycles. The van der Waals surface area contributed by atoms with Gasteiger partial charge in [-0.05, 0) is 55.3 Å². The maximum absolute atomic E-state index is 12.7. The maximum atomic E-state index is 12.7. The molecule has 0 unspecified atom stereocenters. The van der Waals surface area contributed by atoms with Crippen LogP contribution in [0.25, 0.3) is 11.5 Å². The van der Waals surface area contributed by atoms with Crippen LogP contribution >= 0.6 is 0 Å². The van der Waals surface area contributed by atoms with Crippen LogP contribution in [0.4, 0.5) is 13.2 Å². The van der Waals surface area contributed by atoms with Gasteiger partial charge in [-0.15, -0.1) is 13.2 Å². The Hall–Kier alpha value is -3.56. The van der Waals surface area contributed by atoms with Crippen LogP contribution in [0.1, 0.15) is 34.9 Å². The molecule has 1 aliphatic rings. The van der Waals surface area contributed by atoms with E-state index in [1.807, 2.05) is 24.3 Å². The fraction of sp³-hybridized carbons (Fsp3) is 0.318. The molecule has 4 rings (SSSR count). The fourth-order valence-corrected chi connectivity index (χ4v) is 3.60. The molecule has 7 nitrogen and oxygen atoms in total. The van der Waals surface area contributed by atoms with Crippen molar-refractivity contribution < 1.29 is 32.0 Å². The van der Waals surface area contributed by atoms with Crippen LogP contribution in [0.2, 0.25) is 0 Å². The molecule has 0 spiro atoms. The van der Waals surface area contributed by atoms with Crippen LogP contribution in [0.15, 0.2) is 53.1 Å². The number of methoxy groups -OCH3 is 1. The molecule has 0 bridgehead atoms. The molecule has 0 aliphatic carbocycles. The van der Waals surface area contributed by atoms with Gasteiger partial charge in [-0.1, -0.05) is 11.2 Å². The number of rotatable bonds is 5.